The van der Waals surface area contributed by atoms with Crippen molar-refractivity contribution in [2.24, 2.45) is 5.14 Å². The number of rotatable bonds is 4. The van der Waals surface area contributed by atoms with E-state index in [4.69, 9.17) is 17.4 Å². The highest BCUT2D eigenvalue weighted by atomic mass is 32.2. The lowest BCUT2D eigenvalue weighted by molar-refractivity contribution is 0.598. The lowest BCUT2D eigenvalue weighted by Gasteiger charge is -2.19. The summed E-state index contributed by atoms with van der Waals surface area (Å²) in [6.07, 6.45) is 2.72. The number of sulfonamides is 1. The van der Waals surface area contributed by atoms with Gasteiger partial charge in [0.25, 0.3) is 0 Å². The zero-order chi connectivity index (χ0) is 17.9. The van der Waals surface area contributed by atoms with Gasteiger partial charge in [-0.15, -0.1) is 0 Å². The predicted molar refractivity (Wildman–Crippen MR) is 102 cm³/mol. The van der Waals surface area contributed by atoms with E-state index < -0.39 is 10.0 Å². The molecule has 9 heteroatoms. The highest BCUT2D eigenvalue weighted by Gasteiger charge is 2.23. The van der Waals surface area contributed by atoms with Crippen molar-refractivity contribution in [1.29, 1.82) is 0 Å². The first-order chi connectivity index (χ1) is 11.9. The Balaban J connectivity index is 1.57. The van der Waals surface area contributed by atoms with Crippen molar-refractivity contribution in [3.63, 3.8) is 0 Å². The van der Waals surface area contributed by atoms with Crippen molar-refractivity contribution < 1.29 is 8.42 Å². The van der Waals surface area contributed by atoms with Gasteiger partial charge in [0.15, 0.2) is 5.11 Å². The molecule has 1 fully saturated rings. The number of nitrogens with zero attached hydrogens (tertiary/aromatic N) is 2. The van der Waals surface area contributed by atoms with Crippen LogP contribution in [0.4, 0.5) is 11.5 Å². The molecule has 2 heterocycles. The van der Waals surface area contributed by atoms with Gasteiger partial charge in [-0.3, -0.25) is 0 Å². The van der Waals surface area contributed by atoms with Gasteiger partial charge in [0.1, 0.15) is 5.82 Å². The van der Waals surface area contributed by atoms with Crippen LogP contribution in [0.2, 0.25) is 0 Å². The molecule has 0 radical (unpaired) electrons. The van der Waals surface area contributed by atoms with Crippen molar-refractivity contribution in [3.05, 3.63) is 48.7 Å². The number of pyridine rings is 1. The van der Waals surface area contributed by atoms with Gasteiger partial charge in [0.05, 0.1) is 4.90 Å². The van der Waals surface area contributed by atoms with Crippen LogP contribution in [0.25, 0.3) is 0 Å². The Bertz CT molecular complexity index is 858. The van der Waals surface area contributed by atoms with Gasteiger partial charge in [-0.25, -0.2) is 18.5 Å². The summed E-state index contributed by atoms with van der Waals surface area (Å²) in [6, 6.07) is 12.3. The fourth-order valence-corrected chi connectivity index (χ4v) is 3.57. The van der Waals surface area contributed by atoms with Gasteiger partial charge < -0.3 is 15.5 Å². The van der Waals surface area contributed by atoms with E-state index in [0.29, 0.717) is 10.8 Å². The van der Waals surface area contributed by atoms with Crippen LogP contribution in [0.3, 0.4) is 0 Å². The second-order valence-electron chi connectivity index (χ2n) is 5.79. The molecule has 132 valence electrons. The van der Waals surface area contributed by atoms with Gasteiger partial charge in [-0.2, -0.15) is 0 Å². The summed E-state index contributed by atoms with van der Waals surface area (Å²) < 4.78 is 22.8. The van der Waals surface area contributed by atoms with Crippen molar-refractivity contribution in [1.82, 2.24) is 10.3 Å². The molecule has 0 saturated carbocycles. The molecule has 2 aromatic rings. The number of hydrogen-bond acceptors (Lipinski definition) is 5. The van der Waals surface area contributed by atoms with Gasteiger partial charge >= 0.3 is 0 Å². The molecule has 1 aliphatic heterocycles. The first-order valence-electron chi connectivity index (χ1n) is 7.78. The van der Waals surface area contributed by atoms with E-state index in [1.54, 1.807) is 18.3 Å². The molecule has 1 aromatic carbocycles. The zero-order valence-electron chi connectivity index (χ0n) is 13.4. The fraction of sp³-hybridized carbons (Fsp3) is 0.250. The number of benzene rings is 1. The molecule has 1 aliphatic rings. The van der Waals surface area contributed by atoms with E-state index in [9.17, 15) is 8.42 Å². The number of thiocarbonyl (C=S) groups is 1. The van der Waals surface area contributed by atoms with Crippen LogP contribution < -0.4 is 20.7 Å². The number of nitrogens with one attached hydrogen (secondary N) is 2. The van der Waals surface area contributed by atoms with Gasteiger partial charge in [-0.1, -0.05) is 12.1 Å². The largest absolute Gasteiger partial charge is 0.358 e. The molecular formula is C16H19N5O2S2. The van der Waals surface area contributed by atoms with Crippen LogP contribution in [-0.2, 0) is 10.0 Å². The molecule has 1 aromatic heterocycles. The van der Waals surface area contributed by atoms with Crippen molar-refractivity contribution in [2.45, 2.75) is 17.4 Å². The molecule has 1 atom stereocenters. The summed E-state index contributed by atoms with van der Waals surface area (Å²) >= 11 is 5.33. The Labute approximate surface area is 152 Å². The van der Waals surface area contributed by atoms with Gasteiger partial charge in [0.2, 0.25) is 10.0 Å². The minimum absolute atomic E-state index is 0.0440. The van der Waals surface area contributed by atoms with Crippen LogP contribution >= 0.6 is 12.2 Å². The smallest absolute Gasteiger partial charge is 0.238 e. The van der Waals surface area contributed by atoms with Gasteiger partial charge in [0, 0.05) is 31.0 Å². The van der Waals surface area contributed by atoms with Crippen LogP contribution in [0.5, 0.6) is 0 Å². The summed E-state index contributed by atoms with van der Waals surface area (Å²) in [7, 11) is -3.74. The van der Waals surface area contributed by atoms with Crippen LogP contribution in [-0.4, -0.2) is 37.6 Å². The Kier molecular flexibility index (Phi) is 5.16. The third kappa shape index (κ3) is 4.65. The number of primary sulfonamides is 1. The van der Waals surface area contributed by atoms with E-state index in [0.717, 1.165) is 25.3 Å². The summed E-state index contributed by atoms with van der Waals surface area (Å²) in [4.78, 5) is 6.60. The molecule has 0 bridgehead atoms. The Hall–Kier alpha value is -2.23. The maximum absolute atomic E-state index is 11.4. The summed E-state index contributed by atoms with van der Waals surface area (Å²) in [5.74, 6) is 0.950. The van der Waals surface area contributed by atoms with E-state index in [2.05, 4.69) is 20.5 Å². The fourth-order valence-electron chi connectivity index (χ4n) is 2.73. The molecule has 0 amide bonds. The summed E-state index contributed by atoms with van der Waals surface area (Å²) in [5, 5.41) is 11.8. The zero-order valence-corrected chi connectivity index (χ0v) is 15.1. The van der Waals surface area contributed by atoms with E-state index >= 15 is 0 Å². The molecule has 1 saturated heterocycles. The van der Waals surface area contributed by atoms with Crippen molar-refractivity contribution >= 4 is 38.9 Å². The number of anilines is 2. The minimum atomic E-state index is -3.74. The molecule has 0 aliphatic carbocycles. The molecule has 4 N–H and O–H groups in total. The third-order valence-corrected chi connectivity index (χ3v) is 5.05. The van der Waals surface area contributed by atoms with Crippen molar-refractivity contribution in [3.8, 4) is 0 Å². The second-order valence-corrected chi connectivity index (χ2v) is 7.76. The van der Waals surface area contributed by atoms with Crippen LogP contribution in [0.15, 0.2) is 53.6 Å². The Morgan fingerprint density at radius 3 is 2.84 bits per heavy atom. The number of nitrogens with two attached hydrogens (primary N) is 1. The Morgan fingerprint density at radius 2 is 2.12 bits per heavy atom. The topological polar surface area (TPSA) is 100 Å². The molecule has 25 heavy (non-hydrogen) atoms. The number of hydrogen-bond donors (Lipinski definition) is 3. The summed E-state index contributed by atoms with van der Waals surface area (Å²) in [5.41, 5.74) is 0.573. The first-order valence-corrected chi connectivity index (χ1v) is 9.73. The monoisotopic (exact) mass is 377 g/mol. The molecule has 7 nitrogen and oxygen atoms in total. The standard InChI is InChI=1S/C16H19N5O2S2/c17-25(22,23)14-5-3-4-12(10-14)19-16(24)20-13-7-9-21(11-13)15-6-1-2-8-18-15/h1-6,8,10,13H,7,9,11H2,(H2,17,22,23)(H2,19,20,24)/t13-/m1/s1. The molecule has 0 spiro atoms. The van der Waals surface area contributed by atoms with E-state index in [1.165, 1.54) is 12.1 Å². The van der Waals surface area contributed by atoms with Crippen LogP contribution in [0, 0.1) is 0 Å². The van der Waals surface area contributed by atoms with Crippen molar-refractivity contribution in [2.75, 3.05) is 23.3 Å². The molecular weight excluding hydrogens is 358 g/mol. The minimum Gasteiger partial charge on any atom is -0.358 e. The number of aromatic nitrogens is 1. The van der Waals surface area contributed by atoms with E-state index in [-0.39, 0.29) is 10.9 Å². The average molecular weight is 377 g/mol. The highest BCUT2D eigenvalue weighted by Crippen LogP contribution is 2.18. The quantitative estimate of drug-likeness (QED) is 0.691. The normalized spacial score (nSPS) is 17.3. The highest BCUT2D eigenvalue weighted by molar-refractivity contribution is 7.89. The van der Waals surface area contributed by atoms with Crippen LogP contribution in [0.1, 0.15) is 6.42 Å². The lowest BCUT2D eigenvalue weighted by atomic mass is 10.3. The SMILES string of the molecule is NS(=O)(=O)c1cccc(NC(=S)N[C@@H]2CCN(c3ccccn3)C2)c1. The van der Waals surface area contributed by atoms with Gasteiger partial charge in [-0.05, 0) is 49.0 Å². The first kappa shape index (κ1) is 17.6. The summed E-state index contributed by atoms with van der Waals surface area (Å²) in [6.45, 7) is 1.70. The Morgan fingerprint density at radius 1 is 1.28 bits per heavy atom. The maximum Gasteiger partial charge on any atom is 0.238 e. The lowest BCUT2D eigenvalue weighted by Crippen LogP contribution is -2.39. The maximum atomic E-state index is 11.4. The average Bonchev–Trinajstić information content (AvgIpc) is 3.03. The molecule has 0 unspecified atom stereocenters. The second kappa shape index (κ2) is 7.34. The van der Waals surface area contributed by atoms with E-state index in [1.807, 2.05) is 18.2 Å². The predicted octanol–water partition coefficient (Wildman–Crippen LogP) is 1.29. The third-order valence-electron chi connectivity index (χ3n) is 3.92. The molecule has 3 rings (SSSR count).